The third kappa shape index (κ3) is 5.23. The average Bonchev–Trinajstić information content (AvgIpc) is 3.41. The minimum Gasteiger partial charge on any atom is -0.497 e. The van der Waals surface area contributed by atoms with Gasteiger partial charge in [0.05, 0.1) is 17.7 Å². The fourth-order valence-electron chi connectivity index (χ4n) is 3.31. The summed E-state index contributed by atoms with van der Waals surface area (Å²) in [5.41, 5.74) is 1.79. The number of imide groups is 1. The zero-order valence-electron chi connectivity index (χ0n) is 17.6. The van der Waals surface area contributed by atoms with E-state index < -0.39 is 29.0 Å². The summed E-state index contributed by atoms with van der Waals surface area (Å²) in [5, 5.41) is 6.12. The monoisotopic (exact) mass is 469 g/mol. The molecular formula is C23H20FN3O5S. The van der Waals surface area contributed by atoms with Gasteiger partial charge in [-0.2, -0.15) is 0 Å². The summed E-state index contributed by atoms with van der Waals surface area (Å²) in [6.07, 6.45) is 0.982. The number of carbonyl (C=O) groups excluding carboxylic acids is 3. The lowest BCUT2D eigenvalue weighted by Gasteiger charge is -2.14. The van der Waals surface area contributed by atoms with Gasteiger partial charge in [-0.15, -0.1) is 0 Å². The summed E-state index contributed by atoms with van der Waals surface area (Å²) in [5.74, 6) is -0.549. The molecule has 2 aromatic carbocycles. The summed E-state index contributed by atoms with van der Waals surface area (Å²) in [7, 11) is 1.56. The lowest BCUT2D eigenvalue weighted by Crippen LogP contribution is -2.41. The Kier molecular flexibility index (Phi) is 6.74. The number of nitrogens with one attached hydrogen (secondary N) is 1. The molecule has 2 aromatic rings. The fraction of sp³-hybridized carbons (Fsp3) is 0.217. The Morgan fingerprint density at radius 1 is 1.30 bits per heavy atom. The van der Waals surface area contributed by atoms with Crippen LogP contribution in [0.25, 0.3) is 6.08 Å². The van der Waals surface area contributed by atoms with Gasteiger partial charge in [-0.3, -0.25) is 19.3 Å². The van der Waals surface area contributed by atoms with Crippen molar-refractivity contribution in [2.24, 2.45) is 5.16 Å². The van der Waals surface area contributed by atoms with Gasteiger partial charge in [-0.05, 0) is 47.7 Å². The number of nitrogens with zero attached hydrogens (tertiary/aromatic N) is 2. The minimum atomic E-state index is -0.854. The highest BCUT2D eigenvalue weighted by Gasteiger charge is 2.35. The molecule has 2 aliphatic heterocycles. The van der Waals surface area contributed by atoms with Crippen molar-refractivity contribution >= 4 is 40.6 Å². The molecule has 0 aromatic heterocycles. The third-order valence-electron chi connectivity index (χ3n) is 5.04. The molecule has 3 amide bonds. The molecule has 170 valence electrons. The van der Waals surface area contributed by atoms with Gasteiger partial charge in [-0.25, -0.2) is 4.39 Å². The smallest absolute Gasteiger partial charge is 0.293 e. The number of thioether (sulfide) groups is 1. The molecule has 1 saturated heterocycles. The molecule has 1 fully saturated rings. The van der Waals surface area contributed by atoms with Crippen LogP contribution >= 0.6 is 11.8 Å². The van der Waals surface area contributed by atoms with Gasteiger partial charge >= 0.3 is 0 Å². The van der Waals surface area contributed by atoms with E-state index in [1.807, 2.05) is 0 Å². The van der Waals surface area contributed by atoms with Gasteiger partial charge in [0.15, 0.2) is 0 Å². The first-order chi connectivity index (χ1) is 15.9. The minimum absolute atomic E-state index is 0.0285. The summed E-state index contributed by atoms with van der Waals surface area (Å²) >= 11 is 0.851. The van der Waals surface area contributed by atoms with Crippen molar-refractivity contribution in [3.8, 4) is 5.75 Å². The van der Waals surface area contributed by atoms with Gasteiger partial charge in [0.25, 0.3) is 17.1 Å². The van der Waals surface area contributed by atoms with Gasteiger partial charge in [0.2, 0.25) is 6.10 Å². The molecule has 4 rings (SSSR count). The van der Waals surface area contributed by atoms with Gasteiger partial charge in [0.1, 0.15) is 11.6 Å². The van der Waals surface area contributed by atoms with Crippen LogP contribution in [0.5, 0.6) is 5.75 Å². The lowest BCUT2D eigenvalue weighted by atomic mass is 10.0. The van der Waals surface area contributed by atoms with Crippen molar-refractivity contribution in [1.82, 2.24) is 10.2 Å². The van der Waals surface area contributed by atoms with E-state index in [2.05, 4.69) is 10.5 Å². The van der Waals surface area contributed by atoms with Crippen molar-refractivity contribution in [3.05, 3.63) is 70.4 Å². The van der Waals surface area contributed by atoms with E-state index in [1.165, 1.54) is 12.1 Å². The molecule has 2 aliphatic rings. The number of ether oxygens (including phenoxy) is 1. The summed E-state index contributed by atoms with van der Waals surface area (Å²) in [4.78, 5) is 43.8. The normalized spacial score (nSPS) is 19.0. The number of amides is 3. The van der Waals surface area contributed by atoms with Crippen LogP contribution in [0.4, 0.5) is 9.18 Å². The summed E-state index contributed by atoms with van der Waals surface area (Å²) < 4.78 is 18.5. The topological polar surface area (TPSA) is 97.3 Å². The maximum atomic E-state index is 13.4. The molecule has 1 unspecified atom stereocenters. The largest absolute Gasteiger partial charge is 0.497 e. The predicted octanol–water partition coefficient (Wildman–Crippen LogP) is 3.18. The van der Waals surface area contributed by atoms with Crippen molar-refractivity contribution in [1.29, 1.82) is 0 Å². The second kappa shape index (κ2) is 9.86. The Morgan fingerprint density at radius 3 is 2.82 bits per heavy atom. The second-order valence-corrected chi connectivity index (χ2v) is 8.24. The molecule has 0 aliphatic carbocycles. The fourth-order valence-corrected chi connectivity index (χ4v) is 4.17. The summed E-state index contributed by atoms with van der Waals surface area (Å²) in [6, 6.07) is 13.0. The molecule has 1 N–H and O–H groups in total. The van der Waals surface area contributed by atoms with E-state index in [-0.39, 0.29) is 19.5 Å². The summed E-state index contributed by atoms with van der Waals surface area (Å²) in [6.45, 7) is 0.0997. The first kappa shape index (κ1) is 22.5. The first-order valence-corrected chi connectivity index (χ1v) is 10.9. The molecule has 10 heteroatoms. The van der Waals surface area contributed by atoms with E-state index in [9.17, 15) is 18.8 Å². The van der Waals surface area contributed by atoms with Gasteiger partial charge in [0, 0.05) is 25.1 Å². The quantitative estimate of drug-likeness (QED) is 0.626. The maximum Gasteiger partial charge on any atom is 0.293 e. The van der Waals surface area contributed by atoms with Crippen molar-refractivity contribution < 1.29 is 28.3 Å². The number of methoxy groups -OCH3 is 1. The predicted molar refractivity (Wildman–Crippen MR) is 121 cm³/mol. The first-order valence-electron chi connectivity index (χ1n) is 10.1. The van der Waals surface area contributed by atoms with Crippen molar-refractivity contribution in [2.45, 2.75) is 12.5 Å². The Bertz CT molecular complexity index is 1150. The molecule has 0 saturated carbocycles. The molecular weight excluding hydrogens is 449 g/mol. The van der Waals surface area contributed by atoms with Crippen LogP contribution in [0, 0.1) is 5.82 Å². The number of hydrogen-bond acceptors (Lipinski definition) is 7. The van der Waals surface area contributed by atoms with Crippen LogP contribution in [-0.4, -0.2) is 54.0 Å². The Hall–Kier alpha value is -3.66. The number of oxime groups is 1. The zero-order chi connectivity index (χ0) is 23.4. The highest BCUT2D eigenvalue weighted by atomic mass is 32.2. The van der Waals surface area contributed by atoms with Crippen LogP contribution in [-0.2, 0) is 14.4 Å². The lowest BCUT2D eigenvalue weighted by molar-refractivity contribution is -0.131. The van der Waals surface area contributed by atoms with E-state index in [1.54, 1.807) is 49.6 Å². The van der Waals surface area contributed by atoms with Gasteiger partial charge in [-0.1, -0.05) is 29.4 Å². The number of hydrogen-bond donors (Lipinski definition) is 1. The number of halogens is 1. The Labute approximate surface area is 193 Å². The standard InChI is InChI=1S/C23H20FN3O5S/c1-31-17-7-5-14(6-8-17)11-20-22(29)27(23(30)33-20)10-9-25-21(28)19-13-18(26-32-19)15-3-2-4-16(24)12-15/h2-8,11-12,19H,9-10,13H2,1H3,(H,25,28)/b20-11-. The molecule has 0 bridgehead atoms. The molecule has 1 atom stereocenters. The van der Waals surface area contributed by atoms with Crippen LogP contribution in [0.15, 0.2) is 58.6 Å². The highest BCUT2D eigenvalue weighted by Crippen LogP contribution is 2.32. The zero-order valence-corrected chi connectivity index (χ0v) is 18.4. The number of rotatable bonds is 7. The van der Waals surface area contributed by atoms with E-state index in [4.69, 9.17) is 9.57 Å². The number of benzene rings is 2. The van der Waals surface area contributed by atoms with Crippen molar-refractivity contribution in [2.75, 3.05) is 20.2 Å². The van der Waals surface area contributed by atoms with E-state index in [0.29, 0.717) is 21.9 Å². The number of carbonyl (C=O) groups is 3. The molecule has 0 radical (unpaired) electrons. The van der Waals surface area contributed by atoms with Gasteiger partial charge < -0.3 is 14.9 Å². The van der Waals surface area contributed by atoms with Crippen LogP contribution < -0.4 is 10.1 Å². The van der Waals surface area contributed by atoms with E-state index in [0.717, 1.165) is 22.2 Å². The highest BCUT2D eigenvalue weighted by molar-refractivity contribution is 8.18. The van der Waals surface area contributed by atoms with E-state index >= 15 is 0 Å². The van der Waals surface area contributed by atoms with Crippen LogP contribution in [0.3, 0.4) is 0 Å². The Morgan fingerprint density at radius 2 is 2.09 bits per heavy atom. The van der Waals surface area contributed by atoms with Crippen LogP contribution in [0.2, 0.25) is 0 Å². The molecule has 0 spiro atoms. The SMILES string of the molecule is COc1ccc(/C=C2\SC(=O)N(CCNC(=O)C3CC(c4cccc(F)c4)=NO3)C2=O)cc1. The maximum absolute atomic E-state index is 13.4. The average molecular weight is 469 g/mol. The molecule has 33 heavy (non-hydrogen) atoms. The van der Waals surface area contributed by atoms with Crippen molar-refractivity contribution in [3.63, 3.8) is 0 Å². The Balaban J connectivity index is 1.28. The second-order valence-electron chi connectivity index (χ2n) is 7.24. The molecule has 2 heterocycles. The third-order valence-corrected chi connectivity index (χ3v) is 5.95. The van der Waals surface area contributed by atoms with Crippen LogP contribution in [0.1, 0.15) is 17.5 Å². The molecule has 8 nitrogen and oxygen atoms in total.